The predicted molar refractivity (Wildman–Crippen MR) is 146 cm³/mol. The number of ether oxygens (including phenoxy) is 3. The van der Waals surface area contributed by atoms with Crippen LogP contribution in [0.1, 0.15) is 38.8 Å². The molecule has 6 heteroatoms. The molecule has 1 unspecified atom stereocenters. The second kappa shape index (κ2) is 10.3. The Hall–Kier alpha value is -4.45. The van der Waals surface area contributed by atoms with Crippen molar-refractivity contribution in [3.63, 3.8) is 0 Å². The first-order valence-corrected chi connectivity index (χ1v) is 12.2. The molecule has 1 N–H and O–H groups in total. The normalized spacial score (nSPS) is 14.5. The fraction of sp³-hybridized carbons (Fsp3) is 0.194. The fourth-order valence-corrected chi connectivity index (χ4v) is 4.75. The maximum Gasteiger partial charge on any atom is 0.262 e. The summed E-state index contributed by atoms with van der Waals surface area (Å²) < 4.78 is 17.2. The van der Waals surface area contributed by atoms with Gasteiger partial charge in [-0.2, -0.15) is 0 Å². The van der Waals surface area contributed by atoms with E-state index in [1.165, 1.54) is 0 Å². The molecule has 0 spiro atoms. The van der Waals surface area contributed by atoms with Crippen LogP contribution in [-0.2, 0) is 6.61 Å². The van der Waals surface area contributed by atoms with Gasteiger partial charge >= 0.3 is 0 Å². The largest absolute Gasteiger partial charge is 0.497 e. The summed E-state index contributed by atoms with van der Waals surface area (Å²) in [5.74, 6) is 2.26. The average Bonchev–Trinajstić information content (AvgIpc) is 2.93. The van der Waals surface area contributed by atoms with Crippen LogP contribution in [0.25, 0.3) is 0 Å². The molecule has 6 nitrogen and oxygen atoms in total. The molecule has 0 saturated carbocycles. The molecule has 0 radical (unpaired) electrons. The Balaban J connectivity index is 1.54. The van der Waals surface area contributed by atoms with E-state index in [1.807, 2.05) is 98.8 Å². The number of hydrogen-bond acceptors (Lipinski definition) is 5. The molecule has 0 fully saturated rings. The summed E-state index contributed by atoms with van der Waals surface area (Å²) >= 11 is 0. The van der Waals surface area contributed by atoms with Gasteiger partial charge in [0.1, 0.15) is 30.0 Å². The highest BCUT2D eigenvalue weighted by Gasteiger charge is 2.34. The molecule has 1 atom stereocenters. The van der Waals surface area contributed by atoms with Crippen LogP contribution < -0.4 is 24.4 Å². The number of methoxy groups -OCH3 is 2. The molecular formula is C31H30N2O4. The Morgan fingerprint density at radius 3 is 2.27 bits per heavy atom. The van der Waals surface area contributed by atoms with Crippen molar-refractivity contribution in [1.29, 1.82) is 0 Å². The Morgan fingerprint density at radius 2 is 1.57 bits per heavy atom. The number of benzene rings is 4. The smallest absolute Gasteiger partial charge is 0.262 e. The van der Waals surface area contributed by atoms with Gasteiger partial charge in [0, 0.05) is 16.9 Å². The van der Waals surface area contributed by atoms with Gasteiger partial charge in [0.2, 0.25) is 0 Å². The van der Waals surface area contributed by atoms with E-state index >= 15 is 0 Å². The van der Waals surface area contributed by atoms with E-state index in [0.29, 0.717) is 12.2 Å². The first kappa shape index (κ1) is 24.3. The summed E-state index contributed by atoms with van der Waals surface area (Å²) in [7, 11) is 3.28. The van der Waals surface area contributed by atoms with Crippen LogP contribution in [0.4, 0.5) is 11.4 Å². The zero-order valence-electron chi connectivity index (χ0n) is 21.4. The van der Waals surface area contributed by atoms with Gasteiger partial charge in [-0.05, 0) is 79.1 Å². The van der Waals surface area contributed by atoms with Crippen molar-refractivity contribution in [2.75, 3.05) is 24.4 Å². The summed E-state index contributed by atoms with van der Waals surface area (Å²) in [5, 5.41) is 3.57. The third-order valence-electron chi connectivity index (χ3n) is 6.68. The topological polar surface area (TPSA) is 60.0 Å². The van der Waals surface area contributed by atoms with Gasteiger partial charge in [0.25, 0.3) is 5.91 Å². The number of para-hydroxylation sites is 2. The van der Waals surface area contributed by atoms with Crippen LogP contribution in [0.5, 0.6) is 17.2 Å². The van der Waals surface area contributed by atoms with E-state index in [-0.39, 0.29) is 5.91 Å². The third kappa shape index (κ3) is 4.70. The molecule has 1 aliphatic heterocycles. The Kier molecular flexibility index (Phi) is 6.73. The minimum absolute atomic E-state index is 0.0753. The molecule has 37 heavy (non-hydrogen) atoms. The zero-order valence-corrected chi connectivity index (χ0v) is 21.4. The predicted octanol–water partition coefficient (Wildman–Crippen LogP) is 6.67. The summed E-state index contributed by atoms with van der Waals surface area (Å²) in [5.41, 5.74) is 6.16. The molecule has 0 aromatic heterocycles. The van der Waals surface area contributed by atoms with Crippen molar-refractivity contribution >= 4 is 17.3 Å². The molecule has 0 aliphatic carbocycles. The molecule has 1 heterocycles. The van der Waals surface area contributed by atoms with Crippen molar-refractivity contribution in [2.24, 2.45) is 0 Å². The van der Waals surface area contributed by atoms with Gasteiger partial charge in [-0.25, -0.2) is 0 Å². The van der Waals surface area contributed by atoms with Crippen molar-refractivity contribution < 1.29 is 19.0 Å². The minimum atomic E-state index is -0.430. The van der Waals surface area contributed by atoms with Gasteiger partial charge in [0.15, 0.2) is 0 Å². The molecule has 4 aromatic rings. The molecule has 0 bridgehead atoms. The highest BCUT2D eigenvalue weighted by Crippen LogP contribution is 2.38. The van der Waals surface area contributed by atoms with E-state index in [1.54, 1.807) is 19.1 Å². The zero-order chi connectivity index (χ0) is 25.9. The highest BCUT2D eigenvalue weighted by atomic mass is 16.5. The monoisotopic (exact) mass is 494 g/mol. The standard InChI is InChI=1S/C31H30N2O4/c1-20-8-7-9-21(2)29(20)37-19-23-18-22(12-17-28(23)36-4)30-32-27-11-6-5-10-26(27)31(34)33(30)24-13-15-25(35-3)16-14-24/h5-18,30,32H,19H2,1-4H3. The number of carbonyl (C=O) groups is 1. The Bertz CT molecular complexity index is 1410. The lowest BCUT2D eigenvalue weighted by Gasteiger charge is -2.38. The highest BCUT2D eigenvalue weighted by molar-refractivity contribution is 6.12. The van der Waals surface area contributed by atoms with Crippen LogP contribution in [0.2, 0.25) is 0 Å². The number of nitrogens with zero attached hydrogens (tertiary/aromatic N) is 1. The van der Waals surface area contributed by atoms with Crippen LogP contribution in [-0.4, -0.2) is 20.1 Å². The lowest BCUT2D eigenvalue weighted by Crippen LogP contribution is -2.43. The number of aryl methyl sites for hydroxylation is 2. The van der Waals surface area contributed by atoms with E-state index in [4.69, 9.17) is 14.2 Å². The van der Waals surface area contributed by atoms with E-state index < -0.39 is 6.17 Å². The Morgan fingerprint density at radius 1 is 0.838 bits per heavy atom. The van der Waals surface area contributed by atoms with Crippen LogP contribution in [0.3, 0.4) is 0 Å². The van der Waals surface area contributed by atoms with E-state index in [9.17, 15) is 4.79 Å². The minimum Gasteiger partial charge on any atom is -0.497 e. The van der Waals surface area contributed by atoms with Crippen LogP contribution in [0.15, 0.2) is 84.9 Å². The molecule has 4 aromatic carbocycles. The number of nitrogens with one attached hydrogen (secondary N) is 1. The number of amides is 1. The molecule has 1 aliphatic rings. The van der Waals surface area contributed by atoms with Crippen LogP contribution >= 0.6 is 0 Å². The summed E-state index contributed by atoms with van der Waals surface area (Å²) in [6, 6.07) is 27.1. The lowest BCUT2D eigenvalue weighted by molar-refractivity contribution is 0.0975. The SMILES string of the molecule is COc1ccc(N2C(=O)c3ccccc3NC2c2ccc(OC)c(COc3c(C)cccc3C)c2)cc1. The van der Waals surface area contributed by atoms with Gasteiger partial charge in [0.05, 0.1) is 19.8 Å². The maximum atomic E-state index is 13.8. The number of fused-ring (bicyclic) bond motifs is 1. The van der Waals surface area contributed by atoms with Gasteiger partial charge < -0.3 is 19.5 Å². The third-order valence-corrected chi connectivity index (χ3v) is 6.68. The molecule has 1 amide bonds. The number of rotatable bonds is 7. The molecule has 188 valence electrons. The molecule has 5 rings (SSSR count). The first-order valence-electron chi connectivity index (χ1n) is 12.2. The number of anilines is 2. The van der Waals surface area contributed by atoms with Gasteiger partial charge in [-0.1, -0.05) is 36.4 Å². The van der Waals surface area contributed by atoms with Crippen molar-refractivity contribution in [3.8, 4) is 17.2 Å². The molecular weight excluding hydrogens is 464 g/mol. The van der Waals surface area contributed by atoms with Crippen molar-refractivity contribution in [3.05, 3.63) is 113 Å². The summed E-state index contributed by atoms with van der Waals surface area (Å²) in [6.07, 6.45) is -0.430. The van der Waals surface area contributed by atoms with Crippen molar-refractivity contribution in [2.45, 2.75) is 26.6 Å². The van der Waals surface area contributed by atoms with Gasteiger partial charge in [-0.3, -0.25) is 9.69 Å². The fourth-order valence-electron chi connectivity index (χ4n) is 4.75. The second-order valence-corrected chi connectivity index (χ2v) is 9.05. The van der Waals surface area contributed by atoms with Crippen LogP contribution in [0, 0.1) is 13.8 Å². The van der Waals surface area contributed by atoms with Crippen molar-refractivity contribution in [1.82, 2.24) is 0 Å². The average molecular weight is 495 g/mol. The summed E-state index contributed by atoms with van der Waals surface area (Å²) in [4.78, 5) is 15.5. The summed E-state index contributed by atoms with van der Waals surface area (Å²) in [6.45, 7) is 4.41. The lowest BCUT2D eigenvalue weighted by atomic mass is 10.0. The van der Waals surface area contributed by atoms with E-state index in [0.717, 1.165) is 50.9 Å². The molecule has 0 saturated heterocycles. The number of hydrogen-bond donors (Lipinski definition) is 1. The Labute approximate surface area is 217 Å². The maximum absolute atomic E-state index is 13.8. The second-order valence-electron chi connectivity index (χ2n) is 9.05. The first-order chi connectivity index (χ1) is 18.0. The number of carbonyl (C=O) groups excluding carboxylic acids is 1. The van der Waals surface area contributed by atoms with E-state index in [2.05, 4.69) is 5.32 Å². The quantitative estimate of drug-likeness (QED) is 0.311. The van der Waals surface area contributed by atoms with Gasteiger partial charge in [-0.15, -0.1) is 0 Å².